The second-order valence-corrected chi connectivity index (χ2v) is 5.83. The van der Waals surface area contributed by atoms with E-state index in [-0.39, 0.29) is 19.1 Å². The highest BCUT2D eigenvalue weighted by atomic mass is 16.5. The highest BCUT2D eigenvalue weighted by Gasteiger charge is 2.37. The summed E-state index contributed by atoms with van der Waals surface area (Å²) >= 11 is 0. The molecule has 122 valence electrons. The number of aryl methyl sites for hydroxylation is 1. The zero-order valence-electron chi connectivity index (χ0n) is 12.9. The Hall–Kier alpha value is -1.63. The van der Waals surface area contributed by atoms with Gasteiger partial charge in [0.15, 0.2) is 0 Å². The van der Waals surface area contributed by atoms with Crippen LogP contribution in [0.5, 0.6) is 5.75 Å². The van der Waals surface area contributed by atoms with Gasteiger partial charge in [-0.1, -0.05) is 6.07 Å². The third-order valence-corrected chi connectivity index (χ3v) is 3.95. The van der Waals surface area contributed by atoms with Crippen molar-refractivity contribution in [2.24, 2.45) is 5.73 Å². The molecule has 6 nitrogen and oxygen atoms in total. The number of aliphatic hydroxyl groups is 2. The summed E-state index contributed by atoms with van der Waals surface area (Å²) in [4.78, 5) is 14.1. The molecule has 0 radical (unpaired) electrons. The molecule has 0 unspecified atom stereocenters. The molecule has 1 aliphatic heterocycles. The number of β-amino-alcohol motifs (C(OH)–C–C–N with tert-alkyl or cyclic N) is 1. The first-order chi connectivity index (χ1) is 10.5. The summed E-state index contributed by atoms with van der Waals surface area (Å²) in [5.74, 6) is 0.518. The van der Waals surface area contributed by atoms with Crippen LogP contribution in [0.2, 0.25) is 0 Å². The van der Waals surface area contributed by atoms with Crippen LogP contribution in [0.1, 0.15) is 28.8 Å². The number of aliphatic hydroxyl groups excluding tert-OH is 1. The number of nitrogens with zero attached hydrogens (tertiary/aromatic N) is 1. The molecule has 0 saturated carbocycles. The number of rotatable bonds is 6. The van der Waals surface area contributed by atoms with Crippen LogP contribution in [0.3, 0.4) is 0 Å². The summed E-state index contributed by atoms with van der Waals surface area (Å²) in [6.07, 6.45) is 1.15. The van der Waals surface area contributed by atoms with Gasteiger partial charge in [0, 0.05) is 12.1 Å². The molecule has 1 aromatic carbocycles. The fourth-order valence-electron chi connectivity index (χ4n) is 2.50. The minimum Gasteiger partial charge on any atom is -0.493 e. The first kappa shape index (κ1) is 16.7. The van der Waals surface area contributed by atoms with Gasteiger partial charge >= 0.3 is 0 Å². The van der Waals surface area contributed by atoms with Gasteiger partial charge in [-0.15, -0.1) is 0 Å². The zero-order valence-corrected chi connectivity index (χ0v) is 12.9. The van der Waals surface area contributed by atoms with Crippen molar-refractivity contribution < 1.29 is 19.7 Å². The maximum atomic E-state index is 12.5. The summed E-state index contributed by atoms with van der Waals surface area (Å²) in [6, 6.07) is 5.33. The average molecular weight is 308 g/mol. The van der Waals surface area contributed by atoms with E-state index < -0.39 is 5.60 Å². The number of hydrogen-bond acceptors (Lipinski definition) is 5. The predicted octanol–water partition coefficient (Wildman–Crippen LogP) is 0.292. The van der Waals surface area contributed by atoms with E-state index in [1.54, 1.807) is 17.0 Å². The lowest BCUT2D eigenvalue weighted by atomic mass is 10.1. The van der Waals surface area contributed by atoms with Crippen LogP contribution >= 0.6 is 0 Å². The molecule has 1 fully saturated rings. The maximum absolute atomic E-state index is 12.5. The van der Waals surface area contributed by atoms with Crippen LogP contribution in [0, 0.1) is 6.92 Å². The molecule has 6 heteroatoms. The van der Waals surface area contributed by atoms with Crippen LogP contribution in [-0.4, -0.2) is 59.5 Å². The van der Waals surface area contributed by atoms with Crippen molar-refractivity contribution in [3.05, 3.63) is 29.3 Å². The molecular formula is C16H24N2O4. The van der Waals surface area contributed by atoms with Crippen molar-refractivity contribution >= 4 is 5.91 Å². The van der Waals surface area contributed by atoms with E-state index in [0.717, 1.165) is 12.0 Å². The first-order valence-corrected chi connectivity index (χ1v) is 7.55. The minimum atomic E-state index is -1.18. The standard InChI is InChI=1S/C16H24N2O4/c1-12-3-4-13(9-14(12)22-8-2-6-17)15(20)18-7-5-16(21,10-18)11-19/h3-4,9,19,21H,2,5-8,10-11,17H2,1H3/t16-/m1/s1. The lowest BCUT2D eigenvalue weighted by molar-refractivity contribution is -0.00455. The molecule has 1 aromatic rings. The summed E-state index contributed by atoms with van der Waals surface area (Å²) in [5.41, 5.74) is 5.75. The highest BCUT2D eigenvalue weighted by molar-refractivity contribution is 5.95. The Balaban J connectivity index is 2.08. The largest absolute Gasteiger partial charge is 0.493 e. The van der Waals surface area contributed by atoms with E-state index in [4.69, 9.17) is 10.5 Å². The molecule has 0 aromatic heterocycles. The van der Waals surface area contributed by atoms with Gasteiger partial charge in [-0.05, 0) is 44.0 Å². The SMILES string of the molecule is Cc1ccc(C(=O)N2CC[C@](O)(CO)C2)cc1OCCCN. The Morgan fingerprint density at radius 1 is 1.50 bits per heavy atom. The van der Waals surface area contributed by atoms with Crippen LogP contribution in [0.4, 0.5) is 0 Å². The third-order valence-electron chi connectivity index (χ3n) is 3.95. The molecule has 1 aliphatic rings. The monoisotopic (exact) mass is 308 g/mol. The van der Waals surface area contributed by atoms with Gasteiger partial charge in [0.2, 0.25) is 0 Å². The number of benzene rings is 1. The molecule has 1 amide bonds. The van der Waals surface area contributed by atoms with Crippen molar-refractivity contribution in [2.75, 3.05) is 32.8 Å². The van der Waals surface area contributed by atoms with Crippen LogP contribution in [0.15, 0.2) is 18.2 Å². The van der Waals surface area contributed by atoms with Crippen molar-refractivity contribution in [1.82, 2.24) is 4.90 Å². The van der Waals surface area contributed by atoms with E-state index in [1.165, 1.54) is 0 Å². The fraction of sp³-hybridized carbons (Fsp3) is 0.562. The minimum absolute atomic E-state index is 0.152. The Labute approximate surface area is 130 Å². The highest BCUT2D eigenvalue weighted by Crippen LogP contribution is 2.25. The van der Waals surface area contributed by atoms with E-state index in [2.05, 4.69) is 0 Å². The third kappa shape index (κ3) is 3.76. The van der Waals surface area contributed by atoms with E-state index in [9.17, 15) is 15.0 Å². The number of ether oxygens (including phenoxy) is 1. The van der Waals surface area contributed by atoms with Crippen LogP contribution in [-0.2, 0) is 0 Å². The molecule has 1 saturated heterocycles. The molecular weight excluding hydrogens is 284 g/mol. The van der Waals surface area contributed by atoms with Gasteiger partial charge in [0.25, 0.3) is 5.91 Å². The zero-order chi connectivity index (χ0) is 16.2. The Morgan fingerprint density at radius 3 is 2.91 bits per heavy atom. The number of carbonyl (C=O) groups is 1. The molecule has 22 heavy (non-hydrogen) atoms. The van der Waals surface area contributed by atoms with E-state index >= 15 is 0 Å². The van der Waals surface area contributed by atoms with Gasteiger partial charge in [0.1, 0.15) is 11.4 Å². The lowest BCUT2D eigenvalue weighted by Crippen LogP contribution is -2.38. The van der Waals surface area contributed by atoms with Gasteiger partial charge in [-0.2, -0.15) is 0 Å². The molecule has 1 heterocycles. The van der Waals surface area contributed by atoms with Crippen molar-refractivity contribution in [2.45, 2.75) is 25.4 Å². The van der Waals surface area contributed by atoms with E-state index in [1.807, 2.05) is 13.0 Å². The van der Waals surface area contributed by atoms with Gasteiger partial charge < -0.3 is 25.6 Å². The number of nitrogens with two attached hydrogens (primary N) is 1. The number of likely N-dealkylation sites (tertiary alicyclic amines) is 1. The quantitative estimate of drug-likeness (QED) is 0.657. The Kier molecular flexibility index (Phi) is 5.39. The van der Waals surface area contributed by atoms with Crippen molar-refractivity contribution in [1.29, 1.82) is 0 Å². The second kappa shape index (κ2) is 7.09. The fourth-order valence-corrected chi connectivity index (χ4v) is 2.50. The molecule has 0 spiro atoms. The predicted molar refractivity (Wildman–Crippen MR) is 82.9 cm³/mol. The van der Waals surface area contributed by atoms with Gasteiger partial charge in [0.05, 0.1) is 19.8 Å². The van der Waals surface area contributed by atoms with Crippen LogP contribution < -0.4 is 10.5 Å². The molecule has 1 atom stereocenters. The molecule has 4 N–H and O–H groups in total. The molecule has 0 bridgehead atoms. The van der Waals surface area contributed by atoms with Crippen molar-refractivity contribution in [3.63, 3.8) is 0 Å². The second-order valence-electron chi connectivity index (χ2n) is 5.83. The van der Waals surface area contributed by atoms with Crippen LogP contribution in [0.25, 0.3) is 0 Å². The average Bonchev–Trinajstić information content (AvgIpc) is 2.92. The molecule has 0 aliphatic carbocycles. The summed E-state index contributed by atoms with van der Waals surface area (Å²) in [7, 11) is 0. The summed E-state index contributed by atoms with van der Waals surface area (Å²) < 4.78 is 5.65. The van der Waals surface area contributed by atoms with E-state index in [0.29, 0.717) is 37.4 Å². The summed E-state index contributed by atoms with van der Waals surface area (Å²) in [6.45, 7) is 3.26. The smallest absolute Gasteiger partial charge is 0.254 e. The number of carbonyl (C=O) groups excluding carboxylic acids is 1. The maximum Gasteiger partial charge on any atom is 0.254 e. The lowest BCUT2D eigenvalue weighted by Gasteiger charge is -2.21. The topological polar surface area (TPSA) is 96.0 Å². The van der Waals surface area contributed by atoms with Crippen molar-refractivity contribution in [3.8, 4) is 5.75 Å². The Morgan fingerprint density at radius 2 is 2.27 bits per heavy atom. The number of amides is 1. The Bertz CT molecular complexity index is 535. The first-order valence-electron chi connectivity index (χ1n) is 7.55. The van der Waals surface area contributed by atoms with Gasteiger partial charge in [-0.3, -0.25) is 4.79 Å². The summed E-state index contributed by atoms with van der Waals surface area (Å²) in [5, 5.41) is 19.2. The van der Waals surface area contributed by atoms with Gasteiger partial charge in [-0.25, -0.2) is 0 Å². The number of hydrogen-bond donors (Lipinski definition) is 3. The molecule has 2 rings (SSSR count). The normalized spacial score (nSPS) is 21.2.